The van der Waals surface area contributed by atoms with E-state index in [0.29, 0.717) is 17.7 Å². The molecule has 0 aliphatic carbocycles. The van der Waals surface area contributed by atoms with Crippen LogP contribution in [0.3, 0.4) is 0 Å². The third-order valence-corrected chi connectivity index (χ3v) is 3.03. The molecule has 1 heterocycles. The van der Waals surface area contributed by atoms with Crippen molar-refractivity contribution in [2.24, 2.45) is 5.92 Å². The van der Waals surface area contributed by atoms with Crippen molar-refractivity contribution >= 4 is 11.9 Å². The van der Waals surface area contributed by atoms with E-state index in [1.807, 2.05) is 20.8 Å². The van der Waals surface area contributed by atoms with Crippen molar-refractivity contribution in [1.82, 2.24) is 15.3 Å². The fourth-order valence-electron chi connectivity index (χ4n) is 1.95. The third kappa shape index (κ3) is 4.29. The van der Waals surface area contributed by atoms with Gasteiger partial charge in [-0.25, -0.2) is 9.97 Å². The number of aliphatic carboxylic acids is 1. The van der Waals surface area contributed by atoms with Gasteiger partial charge < -0.3 is 10.4 Å². The maximum atomic E-state index is 12.1. The molecular weight excluding hydrogens is 258 g/mol. The third-order valence-electron chi connectivity index (χ3n) is 3.03. The summed E-state index contributed by atoms with van der Waals surface area (Å²) in [6.45, 7) is 5.92. The first kappa shape index (κ1) is 16.1. The molecule has 1 aromatic rings. The van der Waals surface area contributed by atoms with Crippen molar-refractivity contribution in [2.75, 3.05) is 6.54 Å². The first-order valence-electron chi connectivity index (χ1n) is 6.78. The molecular formula is C14H21N3O3. The Morgan fingerprint density at radius 1 is 1.40 bits per heavy atom. The predicted molar refractivity (Wildman–Crippen MR) is 74.5 cm³/mol. The van der Waals surface area contributed by atoms with Gasteiger partial charge in [-0.3, -0.25) is 9.59 Å². The molecule has 6 heteroatoms. The Kier molecular flexibility index (Phi) is 6.09. The summed E-state index contributed by atoms with van der Waals surface area (Å²) in [6, 6.07) is 0. The number of hydrogen-bond acceptors (Lipinski definition) is 4. The highest BCUT2D eigenvalue weighted by molar-refractivity contribution is 5.95. The number of carboxylic acids is 1. The minimum atomic E-state index is -0.888. The minimum Gasteiger partial charge on any atom is -0.481 e. The quantitative estimate of drug-likeness (QED) is 0.794. The molecule has 0 saturated heterocycles. The lowest BCUT2D eigenvalue weighted by molar-refractivity contribution is -0.141. The Morgan fingerprint density at radius 2 is 2.10 bits per heavy atom. The maximum absolute atomic E-state index is 12.1. The Labute approximate surface area is 118 Å². The highest BCUT2D eigenvalue weighted by atomic mass is 16.4. The maximum Gasteiger partial charge on any atom is 0.308 e. The number of carboxylic acid groups (broad SMARTS) is 1. The Morgan fingerprint density at radius 3 is 2.65 bits per heavy atom. The van der Waals surface area contributed by atoms with E-state index in [0.717, 1.165) is 6.42 Å². The lowest BCUT2D eigenvalue weighted by Crippen LogP contribution is -2.33. The summed E-state index contributed by atoms with van der Waals surface area (Å²) in [5.74, 6) is -1.67. The largest absolute Gasteiger partial charge is 0.481 e. The van der Waals surface area contributed by atoms with Crippen molar-refractivity contribution < 1.29 is 14.7 Å². The molecule has 0 fully saturated rings. The number of amides is 1. The first-order chi connectivity index (χ1) is 9.47. The highest BCUT2D eigenvalue weighted by Crippen LogP contribution is 2.15. The number of rotatable bonds is 7. The lowest BCUT2D eigenvalue weighted by Gasteiger charge is -2.14. The smallest absolute Gasteiger partial charge is 0.308 e. The zero-order valence-electron chi connectivity index (χ0n) is 12.1. The molecule has 20 heavy (non-hydrogen) atoms. The molecule has 0 spiro atoms. The normalized spacial score (nSPS) is 12.2. The SMILES string of the molecule is CCCC(CNC(=O)c1cncnc1C(C)C)C(=O)O. The van der Waals surface area contributed by atoms with Gasteiger partial charge in [-0.1, -0.05) is 27.2 Å². The fraction of sp³-hybridized carbons (Fsp3) is 0.571. The van der Waals surface area contributed by atoms with Gasteiger partial charge in [0.25, 0.3) is 5.91 Å². The molecule has 0 radical (unpaired) electrons. The molecule has 0 saturated carbocycles. The first-order valence-corrected chi connectivity index (χ1v) is 6.78. The van der Waals surface area contributed by atoms with E-state index in [9.17, 15) is 9.59 Å². The van der Waals surface area contributed by atoms with E-state index in [1.54, 1.807) is 0 Å². The van der Waals surface area contributed by atoms with Gasteiger partial charge in [0.15, 0.2) is 0 Å². The molecule has 1 aromatic heterocycles. The second kappa shape index (κ2) is 7.57. The highest BCUT2D eigenvalue weighted by Gasteiger charge is 2.20. The van der Waals surface area contributed by atoms with E-state index >= 15 is 0 Å². The van der Waals surface area contributed by atoms with Crippen LogP contribution in [0, 0.1) is 5.92 Å². The molecule has 1 amide bonds. The van der Waals surface area contributed by atoms with Crippen LogP contribution >= 0.6 is 0 Å². The number of nitrogens with one attached hydrogen (secondary N) is 1. The van der Waals surface area contributed by atoms with Crippen molar-refractivity contribution in [3.63, 3.8) is 0 Å². The molecule has 1 unspecified atom stereocenters. The van der Waals surface area contributed by atoms with E-state index < -0.39 is 11.9 Å². The van der Waals surface area contributed by atoms with Gasteiger partial charge in [0.1, 0.15) is 6.33 Å². The van der Waals surface area contributed by atoms with Crippen molar-refractivity contribution in [2.45, 2.75) is 39.5 Å². The van der Waals surface area contributed by atoms with E-state index in [-0.39, 0.29) is 18.4 Å². The van der Waals surface area contributed by atoms with Gasteiger partial charge in [-0.15, -0.1) is 0 Å². The van der Waals surface area contributed by atoms with Crippen LogP contribution in [0.4, 0.5) is 0 Å². The topological polar surface area (TPSA) is 92.2 Å². The van der Waals surface area contributed by atoms with Crippen LogP contribution in [0.15, 0.2) is 12.5 Å². The zero-order valence-corrected chi connectivity index (χ0v) is 12.1. The Bertz CT molecular complexity index is 474. The number of carbonyl (C=O) groups is 2. The second-order valence-electron chi connectivity index (χ2n) is 5.01. The summed E-state index contributed by atoms with van der Waals surface area (Å²) in [5, 5.41) is 11.7. The summed E-state index contributed by atoms with van der Waals surface area (Å²) >= 11 is 0. The Balaban J connectivity index is 2.74. The molecule has 1 atom stereocenters. The van der Waals surface area contributed by atoms with Gasteiger partial charge in [-0.2, -0.15) is 0 Å². The summed E-state index contributed by atoms with van der Waals surface area (Å²) < 4.78 is 0. The van der Waals surface area contributed by atoms with E-state index in [4.69, 9.17) is 5.11 Å². The molecule has 0 aromatic carbocycles. The molecule has 0 bridgehead atoms. The van der Waals surface area contributed by atoms with Crippen LogP contribution in [0.25, 0.3) is 0 Å². The van der Waals surface area contributed by atoms with Crippen LogP contribution in [-0.4, -0.2) is 33.5 Å². The van der Waals surface area contributed by atoms with Crippen LogP contribution in [-0.2, 0) is 4.79 Å². The Hall–Kier alpha value is -1.98. The standard InChI is InChI=1S/C14H21N3O3/c1-4-5-10(14(19)20)6-16-13(18)11-7-15-8-17-12(11)9(2)3/h7-10H,4-6H2,1-3H3,(H,16,18)(H,19,20). The monoisotopic (exact) mass is 279 g/mol. The summed E-state index contributed by atoms with van der Waals surface area (Å²) in [5.41, 5.74) is 1.07. The molecule has 2 N–H and O–H groups in total. The average molecular weight is 279 g/mol. The van der Waals surface area contributed by atoms with E-state index in [1.165, 1.54) is 12.5 Å². The number of aromatic nitrogens is 2. The molecule has 0 aliphatic rings. The lowest BCUT2D eigenvalue weighted by atomic mass is 10.0. The number of carbonyl (C=O) groups excluding carboxylic acids is 1. The molecule has 1 rings (SSSR count). The van der Waals surface area contributed by atoms with Gasteiger partial charge in [-0.05, 0) is 12.3 Å². The number of hydrogen-bond donors (Lipinski definition) is 2. The van der Waals surface area contributed by atoms with Gasteiger partial charge >= 0.3 is 5.97 Å². The van der Waals surface area contributed by atoms with Gasteiger partial charge in [0.2, 0.25) is 0 Å². The summed E-state index contributed by atoms with van der Waals surface area (Å²) in [6.07, 6.45) is 4.17. The zero-order chi connectivity index (χ0) is 15.1. The number of nitrogens with zero attached hydrogens (tertiary/aromatic N) is 2. The summed E-state index contributed by atoms with van der Waals surface area (Å²) in [4.78, 5) is 31.1. The average Bonchev–Trinajstić information content (AvgIpc) is 2.42. The fourth-order valence-corrected chi connectivity index (χ4v) is 1.95. The van der Waals surface area contributed by atoms with Crippen LogP contribution in [0.1, 0.15) is 55.6 Å². The van der Waals surface area contributed by atoms with Crippen molar-refractivity contribution in [1.29, 1.82) is 0 Å². The van der Waals surface area contributed by atoms with Crippen LogP contribution < -0.4 is 5.32 Å². The van der Waals surface area contributed by atoms with Gasteiger partial charge in [0.05, 0.1) is 17.2 Å². The molecule has 110 valence electrons. The molecule has 0 aliphatic heterocycles. The minimum absolute atomic E-state index is 0.102. The van der Waals surface area contributed by atoms with Crippen molar-refractivity contribution in [3.8, 4) is 0 Å². The van der Waals surface area contributed by atoms with Crippen LogP contribution in [0.5, 0.6) is 0 Å². The second-order valence-corrected chi connectivity index (χ2v) is 5.01. The predicted octanol–water partition coefficient (Wildman–Crippen LogP) is 1.83. The van der Waals surface area contributed by atoms with E-state index in [2.05, 4.69) is 15.3 Å². The summed E-state index contributed by atoms with van der Waals surface area (Å²) in [7, 11) is 0. The van der Waals surface area contributed by atoms with Gasteiger partial charge in [0, 0.05) is 12.7 Å². The molecule has 6 nitrogen and oxygen atoms in total. The van der Waals surface area contributed by atoms with Crippen molar-refractivity contribution in [3.05, 3.63) is 23.8 Å². The van der Waals surface area contributed by atoms with Crippen LogP contribution in [0.2, 0.25) is 0 Å².